The van der Waals surface area contributed by atoms with Crippen LogP contribution in [0.3, 0.4) is 0 Å². The lowest BCUT2D eigenvalue weighted by Crippen LogP contribution is -2.04. The normalized spacial score (nSPS) is 10.9. The highest BCUT2D eigenvalue weighted by atomic mass is 32.2. The molecule has 0 atom stereocenters. The highest BCUT2D eigenvalue weighted by Crippen LogP contribution is 2.32. The first-order valence-corrected chi connectivity index (χ1v) is 9.01. The van der Waals surface area contributed by atoms with Crippen molar-refractivity contribution < 1.29 is 13.3 Å². The first kappa shape index (κ1) is 17.3. The van der Waals surface area contributed by atoms with Crippen LogP contribution < -0.4 is 0 Å². The summed E-state index contributed by atoms with van der Waals surface area (Å²) in [4.78, 5) is 10.2. The van der Waals surface area contributed by atoms with E-state index < -0.39 is 14.8 Å². The lowest BCUT2D eigenvalue weighted by molar-refractivity contribution is -0.384. The van der Waals surface area contributed by atoms with E-state index in [-0.39, 0.29) is 15.5 Å². The SMILES string of the molecule is N#Cc1cccc(-c2ccccc2S(=O)(=O)c2ccc([N+](=O)[O-])cc2)c1. The topological polar surface area (TPSA) is 101 Å². The Morgan fingerprint density at radius 1 is 0.923 bits per heavy atom. The van der Waals surface area contributed by atoms with Gasteiger partial charge in [-0.3, -0.25) is 10.1 Å². The van der Waals surface area contributed by atoms with Crippen LogP contribution in [-0.4, -0.2) is 13.3 Å². The van der Waals surface area contributed by atoms with Crippen molar-refractivity contribution in [2.75, 3.05) is 0 Å². The summed E-state index contributed by atoms with van der Waals surface area (Å²) >= 11 is 0. The minimum Gasteiger partial charge on any atom is -0.258 e. The molecule has 0 heterocycles. The number of nitro benzene ring substituents is 1. The fourth-order valence-electron chi connectivity index (χ4n) is 2.57. The van der Waals surface area contributed by atoms with Gasteiger partial charge in [-0.05, 0) is 35.9 Å². The summed E-state index contributed by atoms with van der Waals surface area (Å²) in [5.41, 5.74) is 1.30. The lowest BCUT2D eigenvalue weighted by Gasteiger charge is -2.11. The largest absolute Gasteiger partial charge is 0.269 e. The number of rotatable bonds is 4. The maximum absolute atomic E-state index is 13.0. The molecule has 0 saturated heterocycles. The number of non-ortho nitro benzene ring substituents is 1. The minimum absolute atomic E-state index is 0.0352. The Kier molecular flexibility index (Phi) is 4.52. The molecule has 3 rings (SSSR count). The number of nitriles is 1. The van der Waals surface area contributed by atoms with Crippen molar-refractivity contribution in [3.05, 3.63) is 88.5 Å². The maximum Gasteiger partial charge on any atom is 0.269 e. The van der Waals surface area contributed by atoms with E-state index >= 15 is 0 Å². The quantitative estimate of drug-likeness (QED) is 0.515. The molecule has 3 aromatic carbocycles. The Morgan fingerprint density at radius 2 is 1.62 bits per heavy atom. The van der Waals surface area contributed by atoms with Crippen LogP contribution in [0.4, 0.5) is 5.69 Å². The van der Waals surface area contributed by atoms with E-state index in [1.165, 1.54) is 18.2 Å². The van der Waals surface area contributed by atoms with E-state index in [9.17, 15) is 18.5 Å². The number of hydrogen-bond donors (Lipinski definition) is 0. The zero-order chi connectivity index (χ0) is 18.7. The van der Waals surface area contributed by atoms with E-state index in [1.807, 2.05) is 6.07 Å². The molecule has 0 aliphatic rings. The second kappa shape index (κ2) is 6.78. The first-order valence-electron chi connectivity index (χ1n) is 7.52. The molecular formula is C19H12N2O4S. The third-order valence-electron chi connectivity index (χ3n) is 3.84. The average molecular weight is 364 g/mol. The van der Waals surface area contributed by atoms with Crippen molar-refractivity contribution in [1.29, 1.82) is 5.26 Å². The fraction of sp³-hybridized carbons (Fsp3) is 0. The number of benzene rings is 3. The Bertz CT molecular complexity index is 1130. The molecular weight excluding hydrogens is 352 g/mol. The predicted octanol–water partition coefficient (Wildman–Crippen LogP) is 3.97. The van der Waals surface area contributed by atoms with E-state index in [0.717, 1.165) is 12.1 Å². The predicted molar refractivity (Wildman–Crippen MR) is 95.1 cm³/mol. The highest BCUT2D eigenvalue weighted by Gasteiger charge is 2.22. The molecule has 128 valence electrons. The Hall–Kier alpha value is -3.50. The smallest absolute Gasteiger partial charge is 0.258 e. The molecule has 26 heavy (non-hydrogen) atoms. The van der Waals surface area contributed by atoms with Crippen molar-refractivity contribution in [3.8, 4) is 17.2 Å². The highest BCUT2D eigenvalue weighted by molar-refractivity contribution is 7.91. The standard InChI is InChI=1S/C19H12N2O4S/c20-13-14-4-3-5-15(12-14)18-6-1-2-7-19(18)26(24,25)17-10-8-16(9-11-17)21(22)23/h1-12H. The van der Waals surface area contributed by atoms with Gasteiger partial charge in [0.1, 0.15) is 0 Å². The van der Waals surface area contributed by atoms with Gasteiger partial charge in [-0.2, -0.15) is 5.26 Å². The first-order chi connectivity index (χ1) is 12.4. The van der Waals surface area contributed by atoms with Crippen LogP contribution in [0.2, 0.25) is 0 Å². The van der Waals surface area contributed by atoms with Crippen LogP contribution in [0.25, 0.3) is 11.1 Å². The van der Waals surface area contributed by atoms with Gasteiger partial charge in [-0.1, -0.05) is 30.3 Å². The molecule has 0 bridgehead atoms. The van der Waals surface area contributed by atoms with Gasteiger partial charge < -0.3 is 0 Å². The summed E-state index contributed by atoms with van der Waals surface area (Å²) in [7, 11) is -3.89. The van der Waals surface area contributed by atoms with E-state index in [4.69, 9.17) is 5.26 Å². The Balaban J connectivity index is 2.14. The second-order valence-corrected chi connectivity index (χ2v) is 7.36. The molecule has 0 N–H and O–H groups in total. The van der Waals surface area contributed by atoms with Crippen LogP contribution in [-0.2, 0) is 9.84 Å². The summed E-state index contributed by atoms with van der Waals surface area (Å²) in [6, 6.07) is 19.9. The molecule has 0 saturated carbocycles. The number of hydrogen-bond acceptors (Lipinski definition) is 5. The third kappa shape index (κ3) is 3.18. The number of nitrogens with zero attached hydrogens (tertiary/aromatic N) is 2. The molecule has 0 fully saturated rings. The van der Waals surface area contributed by atoms with Crippen molar-refractivity contribution >= 4 is 15.5 Å². The van der Waals surface area contributed by atoms with Gasteiger partial charge in [0.15, 0.2) is 0 Å². The molecule has 0 radical (unpaired) electrons. The van der Waals surface area contributed by atoms with Crippen molar-refractivity contribution in [2.45, 2.75) is 9.79 Å². The molecule has 0 aliphatic carbocycles. The average Bonchev–Trinajstić information content (AvgIpc) is 2.68. The van der Waals surface area contributed by atoms with Crippen molar-refractivity contribution in [3.63, 3.8) is 0 Å². The van der Waals surface area contributed by atoms with Gasteiger partial charge >= 0.3 is 0 Å². The molecule has 0 amide bonds. The van der Waals surface area contributed by atoms with Gasteiger partial charge in [-0.15, -0.1) is 0 Å². The summed E-state index contributed by atoms with van der Waals surface area (Å²) < 4.78 is 26.1. The lowest BCUT2D eigenvalue weighted by atomic mass is 10.0. The zero-order valence-corrected chi connectivity index (χ0v) is 14.2. The van der Waals surface area contributed by atoms with Crippen LogP contribution in [0.5, 0.6) is 0 Å². The Morgan fingerprint density at radius 3 is 2.27 bits per heavy atom. The summed E-state index contributed by atoms with van der Waals surface area (Å²) in [5, 5.41) is 19.8. The molecule has 3 aromatic rings. The van der Waals surface area contributed by atoms with E-state index in [2.05, 4.69) is 0 Å². The van der Waals surface area contributed by atoms with Gasteiger partial charge in [0.2, 0.25) is 9.84 Å². The third-order valence-corrected chi connectivity index (χ3v) is 5.66. The van der Waals surface area contributed by atoms with Crippen LogP contribution in [0.1, 0.15) is 5.56 Å². The van der Waals surface area contributed by atoms with Crippen molar-refractivity contribution in [1.82, 2.24) is 0 Å². The van der Waals surface area contributed by atoms with Gasteiger partial charge in [0.05, 0.1) is 26.3 Å². The molecule has 7 heteroatoms. The molecule has 0 unspecified atom stereocenters. The van der Waals surface area contributed by atoms with Gasteiger partial charge in [0, 0.05) is 17.7 Å². The van der Waals surface area contributed by atoms with Gasteiger partial charge in [0.25, 0.3) is 5.69 Å². The summed E-state index contributed by atoms with van der Waals surface area (Å²) in [6.45, 7) is 0. The molecule has 0 spiro atoms. The number of nitro groups is 1. The van der Waals surface area contributed by atoms with Crippen molar-refractivity contribution in [2.24, 2.45) is 0 Å². The second-order valence-electron chi connectivity index (χ2n) is 5.44. The zero-order valence-electron chi connectivity index (χ0n) is 13.4. The summed E-state index contributed by atoms with van der Waals surface area (Å²) in [5.74, 6) is 0. The fourth-order valence-corrected chi connectivity index (χ4v) is 4.05. The van der Waals surface area contributed by atoms with Crippen LogP contribution >= 0.6 is 0 Å². The number of sulfone groups is 1. The Labute approximate surface area is 150 Å². The maximum atomic E-state index is 13.0. The van der Waals surface area contributed by atoms with E-state index in [1.54, 1.807) is 42.5 Å². The van der Waals surface area contributed by atoms with Crippen LogP contribution in [0, 0.1) is 21.4 Å². The summed E-state index contributed by atoms with van der Waals surface area (Å²) in [6.07, 6.45) is 0. The molecule has 6 nitrogen and oxygen atoms in total. The monoisotopic (exact) mass is 364 g/mol. The van der Waals surface area contributed by atoms with Gasteiger partial charge in [-0.25, -0.2) is 8.42 Å². The molecule has 0 aromatic heterocycles. The van der Waals surface area contributed by atoms with E-state index in [0.29, 0.717) is 16.7 Å². The minimum atomic E-state index is -3.89. The molecule has 0 aliphatic heterocycles. The van der Waals surface area contributed by atoms with Crippen LogP contribution in [0.15, 0.2) is 82.6 Å².